The lowest BCUT2D eigenvalue weighted by atomic mass is 9.86. The van der Waals surface area contributed by atoms with Gasteiger partial charge < -0.3 is 10.1 Å². The van der Waals surface area contributed by atoms with Gasteiger partial charge in [0.25, 0.3) is 5.91 Å². The highest BCUT2D eigenvalue weighted by Gasteiger charge is 2.20. The highest BCUT2D eigenvalue weighted by Crippen LogP contribution is 2.33. The highest BCUT2D eigenvalue weighted by molar-refractivity contribution is 9.10. The van der Waals surface area contributed by atoms with E-state index in [9.17, 15) is 4.79 Å². The van der Waals surface area contributed by atoms with Gasteiger partial charge in [-0.25, -0.2) is 0 Å². The van der Waals surface area contributed by atoms with Gasteiger partial charge >= 0.3 is 0 Å². The number of carbonyl (C=O) groups excluding carboxylic acids is 1. The summed E-state index contributed by atoms with van der Waals surface area (Å²) in [5, 5.41) is 2.86. The Balaban J connectivity index is 2.01. The summed E-state index contributed by atoms with van der Waals surface area (Å²) in [5.74, 6) is 0.573. The molecule has 1 N–H and O–H groups in total. The Labute approximate surface area is 152 Å². The van der Waals surface area contributed by atoms with Gasteiger partial charge in [0.2, 0.25) is 0 Å². The summed E-state index contributed by atoms with van der Waals surface area (Å²) in [4.78, 5) is 12.1. The molecule has 0 saturated heterocycles. The van der Waals surface area contributed by atoms with Gasteiger partial charge in [-0.15, -0.1) is 0 Å². The van der Waals surface area contributed by atoms with E-state index in [1.807, 2.05) is 42.5 Å². The standard InChI is InChI=1S/C20H24BrNO2/c1-5-14-6-9-16(10-7-14)22-19(23)13-24-18-11-8-15(21)12-17(18)20(2,3)4/h6-12H,5,13H2,1-4H3,(H,22,23). The lowest BCUT2D eigenvalue weighted by Gasteiger charge is -2.23. The Hall–Kier alpha value is -1.81. The van der Waals surface area contributed by atoms with Crippen LogP contribution in [0.5, 0.6) is 5.75 Å². The van der Waals surface area contributed by atoms with Crippen LogP contribution in [-0.4, -0.2) is 12.5 Å². The summed E-state index contributed by atoms with van der Waals surface area (Å²) in [5.41, 5.74) is 3.03. The van der Waals surface area contributed by atoms with Crippen LogP contribution in [0.3, 0.4) is 0 Å². The zero-order chi connectivity index (χ0) is 17.7. The van der Waals surface area contributed by atoms with Crippen molar-refractivity contribution in [2.24, 2.45) is 0 Å². The zero-order valence-electron chi connectivity index (χ0n) is 14.7. The predicted molar refractivity (Wildman–Crippen MR) is 103 cm³/mol. The topological polar surface area (TPSA) is 38.3 Å². The zero-order valence-corrected chi connectivity index (χ0v) is 16.2. The molecule has 0 radical (unpaired) electrons. The van der Waals surface area contributed by atoms with Crippen molar-refractivity contribution in [3.63, 3.8) is 0 Å². The molecule has 3 nitrogen and oxygen atoms in total. The Morgan fingerprint density at radius 2 is 1.79 bits per heavy atom. The average Bonchev–Trinajstić information content (AvgIpc) is 2.53. The Kier molecular flexibility index (Phi) is 6.05. The lowest BCUT2D eigenvalue weighted by molar-refractivity contribution is -0.118. The van der Waals surface area contributed by atoms with Gasteiger partial charge in [-0.2, -0.15) is 0 Å². The van der Waals surface area contributed by atoms with Crippen molar-refractivity contribution in [3.05, 3.63) is 58.1 Å². The summed E-state index contributed by atoms with van der Waals surface area (Å²) in [6.45, 7) is 8.46. The molecule has 0 atom stereocenters. The van der Waals surface area contributed by atoms with E-state index in [2.05, 4.69) is 48.9 Å². The van der Waals surface area contributed by atoms with Crippen molar-refractivity contribution >= 4 is 27.5 Å². The second kappa shape index (κ2) is 7.84. The van der Waals surface area contributed by atoms with Gasteiger partial charge in [0.1, 0.15) is 5.75 Å². The van der Waals surface area contributed by atoms with Crippen LogP contribution in [0.25, 0.3) is 0 Å². The van der Waals surface area contributed by atoms with Crippen molar-refractivity contribution in [2.45, 2.75) is 39.5 Å². The molecular weight excluding hydrogens is 366 g/mol. The first-order chi connectivity index (χ1) is 11.3. The first kappa shape index (κ1) is 18.5. The molecule has 0 unspecified atom stereocenters. The number of rotatable bonds is 5. The second-order valence-electron chi connectivity index (χ2n) is 6.78. The summed E-state index contributed by atoms with van der Waals surface area (Å²) < 4.78 is 6.76. The van der Waals surface area contributed by atoms with Crippen molar-refractivity contribution in [1.29, 1.82) is 0 Å². The molecule has 24 heavy (non-hydrogen) atoms. The van der Waals surface area contributed by atoms with Crippen LogP contribution in [0.2, 0.25) is 0 Å². The predicted octanol–water partition coefficient (Wildman–Crippen LogP) is 5.33. The van der Waals surface area contributed by atoms with Crippen LogP contribution in [0, 0.1) is 0 Å². The van der Waals surface area contributed by atoms with E-state index in [0.29, 0.717) is 0 Å². The molecule has 128 valence electrons. The maximum absolute atomic E-state index is 12.1. The normalized spacial score (nSPS) is 11.2. The monoisotopic (exact) mass is 389 g/mol. The summed E-state index contributed by atoms with van der Waals surface area (Å²) in [6, 6.07) is 13.7. The summed E-state index contributed by atoms with van der Waals surface area (Å²) in [7, 11) is 0. The van der Waals surface area contributed by atoms with E-state index in [4.69, 9.17) is 4.74 Å². The van der Waals surface area contributed by atoms with Crippen molar-refractivity contribution < 1.29 is 9.53 Å². The van der Waals surface area contributed by atoms with Crippen LogP contribution in [0.1, 0.15) is 38.8 Å². The smallest absolute Gasteiger partial charge is 0.262 e. The molecule has 0 aromatic heterocycles. The third-order valence-electron chi connectivity index (χ3n) is 3.75. The van der Waals surface area contributed by atoms with Crippen LogP contribution in [-0.2, 0) is 16.6 Å². The Morgan fingerprint density at radius 1 is 1.12 bits per heavy atom. The molecule has 2 aromatic rings. The molecule has 2 rings (SSSR count). The van der Waals surface area contributed by atoms with E-state index < -0.39 is 0 Å². The molecule has 0 aliphatic carbocycles. The lowest BCUT2D eigenvalue weighted by Crippen LogP contribution is -2.22. The number of carbonyl (C=O) groups is 1. The summed E-state index contributed by atoms with van der Waals surface area (Å²) >= 11 is 3.49. The molecule has 0 bridgehead atoms. The molecule has 0 spiro atoms. The SMILES string of the molecule is CCc1ccc(NC(=O)COc2ccc(Br)cc2C(C)(C)C)cc1. The molecule has 0 fully saturated rings. The molecule has 0 aliphatic heterocycles. The number of hydrogen-bond donors (Lipinski definition) is 1. The maximum Gasteiger partial charge on any atom is 0.262 e. The molecule has 0 aliphatic rings. The Morgan fingerprint density at radius 3 is 2.38 bits per heavy atom. The van der Waals surface area contributed by atoms with Gasteiger partial charge in [0.15, 0.2) is 6.61 Å². The van der Waals surface area contributed by atoms with E-state index in [1.54, 1.807) is 0 Å². The molecule has 0 heterocycles. The minimum absolute atomic E-state index is 0.0136. The van der Waals surface area contributed by atoms with E-state index >= 15 is 0 Å². The van der Waals surface area contributed by atoms with Crippen molar-refractivity contribution in [1.82, 2.24) is 0 Å². The number of halogens is 1. The van der Waals surface area contributed by atoms with Gasteiger partial charge in [-0.05, 0) is 47.7 Å². The average molecular weight is 390 g/mol. The van der Waals surface area contributed by atoms with Gasteiger partial charge in [-0.3, -0.25) is 4.79 Å². The fourth-order valence-electron chi connectivity index (χ4n) is 2.38. The van der Waals surface area contributed by atoms with Gasteiger partial charge in [-0.1, -0.05) is 55.8 Å². The third-order valence-corrected chi connectivity index (χ3v) is 4.25. The van der Waals surface area contributed by atoms with Gasteiger partial charge in [0, 0.05) is 15.7 Å². The molecule has 0 saturated carbocycles. The quantitative estimate of drug-likeness (QED) is 0.750. The first-order valence-electron chi connectivity index (χ1n) is 8.11. The molecule has 1 amide bonds. The maximum atomic E-state index is 12.1. The third kappa shape index (κ3) is 5.10. The first-order valence-corrected chi connectivity index (χ1v) is 8.90. The van der Waals surface area contributed by atoms with E-state index in [1.165, 1.54) is 5.56 Å². The number of amides is 1. The molecule has 4 heteroatoms. The van der Waals surface area contributed by atoms with Crippen LogP contribution >= 0.6 is 15.9 Å². The number of anilines is 1. The number of benzene rings is 2. The molecular formula is C20H24BrNO2. The van der Waals surface area contributed by atoms with Crippen LogP contribution < -0.4 is 10.1 Å². The largest absolute Gasteiger partial charge is 0.483 e. The second-order valence-corrected chi connectivity index (χ2v) is 7.69. The van der Waals surface area contributed by atoms with Crippen LogP contribution in [0.15, 0.2) is 46.9 Å². The minimum atomic E-state index is -0.165. The Bertz CT molecular complexity index is 703. The minimum Gasteiger partial charge on any atom is -0.483 e. The number of aryl methyl sites for hydroxylation is 1. The van der Waals surface area contributed by atoms with Crippen LogP contribution in [0.4, 0.5) is 5.69 Å². The van der Waals surface area contributed by atoms with Crippen molar-refractivity contribution in [3.8, 4) is 5.75 Å². The van der Waals surface area contributed by atoms with E-state index in [0.717, 1.165) is 27.9 Å². The fraction of sp³-hybridized carbons (Fsp3) is 0.350. The summed E-state index contributed by atoms with van der Waals surface area (Å²) in [6.07, 6.45) is 0.983. The van der Waals surface area contributed by atoms with Crippen molar-refractivity contribution in [2.75, 3.05) is 11.9 Å². The highest BCUT2D eigenvalue weighted by atomic mass is 79.9. The van der Waals surface area contributed by atoms with Gasteiger partial charge in [0.05, 0.1) is 0 Å². The molecule has 2 aromatic carbocycles. The van der Waals surface area contributed by atoms with E-state index in [-0.39, 0.29) is 17.9 Å². The number of hydrogen-bond acceptors (Lipinski definition) is 2. The number of ether oxygens (including phenoxy) is 1. The number of nitrogens with one attached hydrogen (secondary N) is 1. The fourth-order valence-corrected chi connectivity index (χ4v) is 2.74.